The van der Waals surface area contributed by atoms with E-state index in [1.165, 1.54) is 13.2 Å². The van der Waals surface area contributed by atoms with E-state index in [4.69, 9.17) is 9.15 Å². The SMILES string of the molecule is COc1ccc2ccc(=O)oc2c1C(=O)C(O)C(C)C. The van der Waals surface area contributed by atoms with Crippen LogP contribution in [-0.4, -0.2) is 24.1 Å². The van der Waals surface area contributed by atoms with Gasteiger partial charge in [0.2, 0.25) is 0 Å². The zero-order chi connectivity index (χ0) is 14.9. The number of benzene rings is 1. The summed E-state index contributed by atoms with van der Waals surface area (Å²) in [7, 11) is 1.42. The minimum Gasteiger partial charge on any atom is -0.496 e. The lowest BCUT2D eigenvalue weighted by Crippen LogP contribution is -2.26. The lowest BCUT2D eigenvalue weighted by molar-refractivity contribution is 0.0645. The summed E-state index contributed by atoms with van der Waals surface area (Å²) in [5.74, 6) is -0.494. The number of carbonyl (C=O) groups excluding carboxylic acids is 1. The van der Waals surface area contributed by atoms with Gasteiger partial charge in [0.1, 0.15) is 17.4 Å². The molecule has 0 aliphatic rings. The molecule has 0 amide bonds. The van der Waals surface area contributed by atoms with E-state index in [9.17, 15) is 14.7 Å². The minimum atomic E-state index is -1.18. The van der Waals surface area contributed by atoms with Crippen molar-refractivity contribution in [3.63, 3.8) is 0 Å². The van der Waals surface area contributed by atoms with Gasteiger partial charge < -0.3 is 14.3 Å². The number of carbonyl (C=O) groups is 1. The van der Waals surface area contributed by atoms with Gasteiger partial charge in [0, 0.05) is 11.5 Å². The van der Waals surface area contributed by atoms with E-state index < -0.39 is 17.5 Å². The van der Waals surface area contributed by atoms with Crippen LogP contribution in [0.4, 0.5) is 0 Å². The molecule has 1 heterocycles. The molecule has 0 saturated heterocycles. The number of ketones is 1. The predicted octanol–water partition coefficient (Wildman–Crippen LogP) is 2.00. The molecule has 1 N–H and O–H groups in total. The van der Waals surface area contributed by atoms with E-state index in [1.54, 1.807) is 32.0 Å². The van der Waals surface area contributed by atoms with Crippen LogP contribution >= 0.6 is 0 Å². The van der Waals surface area contributed by atoms with Gasteiger partial charge in [-0.15, -0.1) is 0 Å². The van der Waals surface area contributed by atoms with Crippen molar-refractivity contribution >= 4 is 16.8 Å². The second-order valence-electron chi connectivity index (χ2n) is 4.87. The minimum absolute atomic E-state index is 0.101. The number of fused-ring (bicyclic) bond motifs is 1. The van der Waals surface area contributed by atoms with Gasteiger partial charge in [-0.1, -0.05) is 13.8 Å². The molecule has 5 heteroatoms. The second kappa shape index (κ2) is 5.46. The first-order valence-corrected chi connectivity index (χ1v) is 6.29. The van der Waals surface area contributed by atoms with Gasteiger partial charge in [0.15, 0.2) is 11.4 Å². The number of rotatable bonds is 4. The molecule has 2 aromatic rings. The Morgan fingerprint density at radius 1 is 1.25 bits per heavy atom. The Hall–Kier alpha value is -2.14. The number of ether oxygens (including phenoxy) is 1. The van der Waals surface area contributed by atoms with Crippen molar-refractivity contribution in [2.75, 3.05) is 7.11 Å². The van der Waals surface area contributed by atoms with E-state index in [-0.39, 0.29) is 22.8 Å². The maximum absolute atomic E-state index is 12.4. The van der Waals surface area contributed by atoms with Crippen LogP contribution < -0.4 is 10.4 Å². The molecule has 1 atom stereocenters. The molecule has 0 saturated carbocycles. The summed E-state index contributed by atoms with van der Waals surface area (Å²) in [6.07, 6.45) is -1.18. The van der Waals surface area contributed by atoms with Gasteiger partial charge in [0.05, 0.1) is 7.11 Å². The molecule has 0 aliphatic carbocycles. The van der Waals surface area contributed by atoms with Crippen LogP contribution in [0.25, 0.3) is 11.0 Å². The summed E-state index contributed by atoms with van der Waals surface area (Å²) in [6.45, 7) is 3.46. The van der Waals surface area contributed by atoms with Gasteiger partial charge in [-0.05, 0) is 24.1 Å². The Morgan fingerprint density at radius 2 is 1.90 bits per heavy atom. The van der Waals surface area contributed by atoms with Gasteiger partial charge >= 0.3 is 5.63 Å². The number of methoxy groups -OCH3 is 1. The lowest BCUT2D eigenvalue weighted by atomic mass is 9.96. The smallest absolute Gasteiger partial charge is 0.336 e. The summed E-state index contributed by atoms with van der Waals surface area (Å²) < 4.78 is 10.3. The first kappa shape index (κ1) is 14.3. The van der Waals surface area contributed by atoms with Gasteiger partial charge in [-0.25, -0.2) is 4.79 Å². The van der Waals surface area contributed by atoms with Gasteiger partial charge in [0.25, 0.3) is 0 Å². The molecule has 0 fully saturated rings. The first-order chi connectivity index (χ1) is 9.45. The summed E-state index contributed by atoms with van der Waals surface area (Å²) >= 11 is 0. The Bertz CT molecular complexity index is 699. The van der Waals surface area contributed by atoms with Crippen LogP contribution in [0.2, 0.25) is 0 Å². The monoisotopic (exact) mass is 276 g/mol. The van der Waals surface area contributed by atoms with E-state index in [0.717, 1.165) is 0 Å². The third kappa shape index (κ3) is 2.44. The topological polar surface area (TPSA) is 76.7 Å². The maximum Gasteiger partial charge on any atom is 0.336 e. The zero-order valence-corrected chi connectivity index (χ0v) is 11.5. The molecule has 0 spiro atoms. The van der Waals surface area contributed by atoms with E-state index >= 15 is 0 Å². The van der Waals surface area contributed by atoms with Crippen molar-refractivity contribution in [1.29, 1.82) is 0 Å². The highest BCUT2D eigenvalue weighted by Gasteiger charge is 2.27. The summed E-state index contributed by atoms with van der Waals surface area (Å²) in [4.78, 5) is 23.8. The fourth-order valence-electron chi connectivity index (χ4n) is 1.97. The van der Waals surface area contributed by atoms with E-state index in [2.05, 4.69) is 0 Å². The van der Waals surface area contributed by atoms with Crippen molar-refractivity contribution in [1.82, 2.24) is 0 Å². The van der Waals surface area contributed by atoms with Crippen LogP contribution in [-0.2, 0) is 0 Å². The zero-order valence-electron chi connectivity index (χ0n) is 11.5. The second-order valence-corrected chi connectivity index (χ2v) is 4.87. The standard InChI is InChI=1S/C15H16O5/c1-8(2)13(17)14(18)12-10(19-3)6-4-9-5-7-11(16)20-15(9)12/h4-8,13,17H,1-3H3. The average molecular weight is 276 g/mol. The highest BCUT2D eigenvalue weighted by atomic mass is 16.5. The van der Waals surface area contributed by atoms with Crippen molar-refractivity contribution in [2.24, 2.45) is 5.92 Å². The summed E-state index contributed by atoms with van der Waals surface area (Å²) in [5.41, 5.74) is -0.315. The van der Waals surface area contributed by atoms with Crippen molar-refractivity contribution in [3.8, 4) is 5.75 Å². The molecular formula is C15H16O5. The summed E-state index contributed by atoms with van der Waals surface area (Å²) in [5, 5.41) is 10.6. The van der Waals surface area contributed by atoms with Crippen LogP contribution in [0.5, 0.6) is 5.75 Å². The molecule has 106 valence electrons. The molecule has 1 aromatic carbocycles. The third-order valence-corrected chi connectivity index (χ3v) is 3.12. The van der Waals surface area contributed by atoms with Crippen LogP contribution in [0.1, 0.15) is 24.2 Å². The molecule has 0 bridgehead atoms. The normalized spacial score (nSPS) is 12.7. The highest BCUT2D eigenvalue weighted by Crippen LogP contribution is 2.29. The van der Waals surface area contributed by atoms with Crippen molar-refractivity contribution in [3.05, 3.63) is 40.2 Å². The Balaban J connectivity index is 2.74. The number of hydrogen-bond donors (Lipinski definition) is 1. The fraction of sp³-hybridized carbons (Fsp3) is 0.333. The number of Topliss-reactive ketones (excluding diaryl/α,β-unsaturated/α-hetero) is 1. The van der Waals surface area contributed by atoms with Crippen LogP contribution in [0.15, 0.2) is 33.5 Å². The third-order valence-electron chi connectivity index (χ3n) is 3.12. The van der Waals surface area contributed by atoms with Crippen LogP contribution in [0, 0.1) is 5.92 Å². The molecule has 5 nitrogen and oxygen atoms in total. The molecule has 0 aliphatic heterocycles. The Kier molecular flexibility index (Phi) is 3.90. The fourth-order valence-corrected chi connectivity index (χ4v) is 1.97. The predicted molar refractivity (Wildman–Crippen MR) is 74.2 cm³/mol. The molecule has 20 heavy (non-hydrogen) atoms. The number of hydrogen-bond acceptors (Lipinski definition) is 5. The average Bonchev–Trinajstić information content (AvgIpc) is 2.44. The van der Waals surface area contributed by atoms with E-state index in [1.807, 2.05) is 0 Å². The first-order valence-electron chi connectivity index (χ1n) is 6.29. The largest absolute Gasteiger partial charge is 0.496 e. The molecule has 2 rings (SSSR count). The molecular weight excluding hydrogens is 260 g/mol. The highest BCUT2D eigenvalue weighted by molar-refractivity contribution is 6.10. The molecule has 1 aromatic heterocycles. The lowest BCUT2D eigenvalue weighted by Gasteiger charge is -2.16. The van der Waals surface area contributed by atoms with Gasteiger partial charge in [-0.3, -0.25) is 4.79 Å². The van der Waals surface area contributed by atoms with Gasteiger partial charge in [-0.2, -0.15) is 0 Å². The number of aliphatic hydroxyl groups excluding tert-OH is 1. The molecule has 0 radical (unpaired) electrons. The molecule has 1 unspecified atom stereocenters. The summed E-state index contributed by atoms with van der Waals surface area (Å²) in [6, 6.07) is 6.15. The maximum atomic E-state index is 12.4. The number of aliphatic hydroxyl groups is 1. The Morgan fingerprint density at radius 3 is 2.50 bits per heavy atom. The van der Waals surface area contributed by atoms with Crippen LogP contribution in [0.3, 0.4) is 0 Å². The quantitative estimate of drug-likeness (QED) is 0.682. The Labute approximate surface area is 115 Å². The van der Waals surface area contributed by atoms with Crippen molar-refractivity contribution < 1.29 is 19.1 Å². The van der Waals surface area contributed by atoms with E-state index in [0.29, 0.717) is 5.39 Å². The van der Waals surface area contributed by atoms with Crippen molar-refractivity contribution in [2.45, 2.75) is 20.0 Å².